The van der Waals surface area contributed by atoms with Gasteiger partial charge in [-0.05, 0) is 18.2 Å². The van der Waals surface area contributed by atoms with Crippen molar-refractivity contribution in [2.45, 2.75) is 6.54 Å². The maximum atomic E-state index is 4.76. The molecule has 2 N–H and O–H groups in total. The fraction of sp³-hybridized carbons (Fsp3) is 0.294. The van der Waals surface area contributed by atoms with Gasteiger partial charge in [0.15, 0.2) is 0 Å². The molecule has 4 nitrogen and oxygen atoms in total. The number of H-pyrrole nitrogens is 1. The van der Waals surface area contributed by atoms with Crippen LogP contribution in [-0.2, 0) is 6.54 Å². The zero-order chi connectivity index (χ0) is 14.8. The molecule has 1 fully saturated rings. The zero-order valence-corrected chi connectivity index (χ0v) is 13.3. The molecule has 22 heavy (non-hydrogen) atoms. The molecule has 4 rings (SSSR count). The van der Waals surface area contributed by atoms with Gasteiger partial charge in [0.1, 0.15) is 37.7 Å². The highest BCUT2D eigenvalue weighted by Crippen LogP contribution is 2.20. The average molecular weight is 312 g/mol. The van der Waals surface area contributed by atoms with E-state index in [0.717, 1.165) is 25.2 Å². The van der Waals surface area contributed by atoms with Gasteiger partial charge in [-0.1, -0.05) is 18.2 Å². The lowest BCUT2D eigenvalue weighted by molar-refractivity contribution is -0.914. The van der Waals surface area contributed by atoms with E-state index < -0.39 is 0 Å². The molecule has 0 amide bonds. The number of nitrogens with one attached hydrogen (secondary N) is 2. The van der Waals surface area contributed by atoms with Crippen LogP contribution in [0.1, 0.15) is 5.01 Å². The second kappa shape index (κ2) is 6.02. The number of quaternary nitrogens is 1. The Labute approximate surface area is 134 Å². The SMILES string of the molecule is c1ccc(N2CC[NH+](Cc3nc4ccccc4s3)CC2)[nH+]c1. The normalized spacial score (nSPS) is 16.3. The number of aromatic nitrogens is 2. The molecule has 3 aromatic rings. The summed E-state index contributed by atoms with van der Waals surface area (Å²) in [6.07, 6.45) is 2.00. The van der Waals surface area contributed by atoms with Crippen molar-refractivity contribution < 1.29 is 9.88 Å². The summed E-state index contributed by atoms with van der Waals surface area (Å²) in [5, 5.41) is 1.26. The van der Waals surface area contributed by atoms with Crippen LogP contribution >= 0.6 is 11.3 Å². The second-order valence-corrected chi connectivity index (χ2v) is 6.85. The molecule has 0 bridgehead atoms. The van der Waals surface area contributed by atoms with Crippen molar-refractivity contribution in [3.8, 4) is 0 Å². The zero-order valence-electron chi connectivity index (χ0n) is 12.5. The van der Waals surface area contributed by atoms with Crippen molar-refractivity contribution in [2.24, 2.45) is 0 Å². The van der Waals surface area contributed by atoms with E-state index in [9.17, 15) is 0 Å². The largest absolute Gasteiger partial charge is 0.323 e. The first-order valence-electron chi connectivity index (χ1n) is 7.78. The number of nitrogens with zero attached hydrogens (tertiary/aromatic N) is 2. The van der Waals surface area contributed by atoms with Gasteiger partial charge in [0.05, 0.1) is 16.4 Å². The van der Waals surface area contributed by atoms with Crippen molar-refractivity contribution in [3.05, 3.63) is 53.7 Å². The minimum absolute atomic E-state index is 1.05. The Morgan fingerprint density at radius 2 is 1.91 bits per heavy atom. The molecule has 1 aromatic carbocycles. The number of benzene rings is 1. The summed E-state index contributed by atoms with van der Waals surface area (Å²) in [6, 6.07) is 14.7. The summed E-state index contributed by atoms with van der Waals surface area (Å²) in [5.41, 5.74) is 1.14. The van der Waals surface area contributed by atoms with Gasteiger partial charge < -0.3 is 4.90 Å². The van der Waals surface area contributed by atoms with Crippen molar-refractivity contribution in [2.75, 3.05) is 31.1 Å². The van der Waals surface area contributed by atoms with E-state index in [1.165, 1.54) is 28.6 Å². The molecule has 3 heterocycles. The van der Waals surface area contributed by atoms with Crippen molar-refractivity contribution in [1.29, 1.82) is 0 Å². The van der Waals surface area contributed by atoms with Crippen LogP contribution in [0, 0.1) is 0 Å². The summed E-state index contributed by atoms with van der Waals surface area (Å²) in [7, 11) is 0. The molecular formula is C17H20N4S+2. The molecule has 1 aliphatic rings. The van der Waals surface area contributed by atoms with E-state index >= 15 is 0 Å². The molecule has 1 aliphatic heterocycles. The van der Waals surface area contributed by atoms with Crippen LogP contribution < -0.4 is 14.8 Å². The quantitative estimate of drug-likeness (QED) is 0.783. The minimum atomic E-state index is 1.05. The minimum Gasteiger partial charge on any atom is -0.323 e. The van der Waals surface area contributed by atoms with Gasteiger partial charge in [-0.3, -0.25) is 4.90 Å². The summed E-state index contributed by atoms with van der Waals surface area (Å²) in [5.74, 6) is 1.22. The molecule has 1 saturated heterocycles. The van der Waals surface area contributed by atoms with Gasteiger partial charge >= 0.3 is 0 Å². The number of piperazine rings is 1. The average Bonchev–Trinajstić information content (AvgIpc) is 2.98. The Bertz CT molecular complexity index is 714. The van der Waals surface area contributed by atoms with Gasteiger partial charge in [-0.15, -0.1) is 11.3 Å². The van der Waals surface area contributed by atoms with Crippen molar-refractivity contribution >= 4 is 27.4 Å². The third kappa shape index (κ3) is 2.82. The summed E-state index contributed by atoms with van der Waals surface area (Å²) >= 11 is 1.84. The summed E-state index contributed by atoms with van der Waals surface area (Å²) < 4.78 is 1.30. The van der Waals surface area contributed by atoms with E-state index in [1.807, 2.05) is 23.6 Å². The van der Waals surface area contributed by atoms with Crippen molar-refractivity contribution in [3.63, 3.8) is 0 Å². The Balaban J connectivity index is 1.39. The maximum Gasteiger partial charge on any atom is 0.274 e. The standard InChI is InChI=1S/C17H18N4S/c1-2-6-15-14(5-1)19-17(22-15)13-20-9-11-21(12-10-20)16-7-3-4-8-18-16/h1-8H,9-13H2/p+2. The van der Waals surface area contributed by atoms with Crippen LogP contribution in [0.4, 0.5) is 5.82 Å². The molecule has 0 unspecified atom stereocenters. The summed E-state index contributed by atoms with van der Waals surface area (Å²) in [4.78, 5) is 12.2. The first kappa shape index (κ1) is 13.7. The van der Waals surface area contributed by atoms with Gasteiger partial charge in [0, 0.05) is 6.07 Å². The maximum absolute atomic E-state index is 4.76. The van der Waals surface area contributed by atoms with Gasteiger partial charge in [0.2, 0.25) is 0 Å². The molecule has 0 atom stereocenters. The van der Waals surface area contributed by atoms with Crippen LogP contribution in [0.15, 0.2) is 48.7 Å². The lowest BCUT2D eigenvalue weighted by Gasteiger charge is -2.27. The number of rotatable bonds is 3. The Morgan fingerprint density at radius 3 is 2.68 bits per heavy atom. The Kier molecular flexibility index (Phi) is 3.74. The van der Waals surface area contributed by atoms with Crippen molar-refractivity contribution in [1.82, 2.24) is 4.98 Å². The highest BCUT2D eigenvalue weighted by molar-refractivity contribution is 7.18. The van der Waals surface area contributed by atoms with Gasteiger partial charge in [0.25, 0.3) is 5.82 Å². The fourth-order valence-corrected chi connectivity index (χ4v) is 4.07. The first-order valence-corrected chi connectivity index (χ1v) is 8.60. The Hall–Kier alpha value is -1.98. The van der Waals surface area contributed by atoms with E-state index in [-0.39, 0.29) is 0 Å². The number of hydrogen-bond acceptors (Lipinski definition) is 3. The lowest BCUT2D eigenvalue weighted by Crippen LogP contribution is -3.13. The van der Waals surface area contributed by atoms with Crippen LogP contribution in [0.3, 0.4) is 0 Å². The lowest BCUT2D eigenvalue weighted by atomic mass is 10.3. The monoisotopic (exact) mass is 312 g/mol. The molecule has 5 heteroatoms. The molecular weight excluding hydrogens is 292 g/mol. The highest BCUT2D eigenvalue weighted by atomic mass is 32.1. The van der Waals surface area contributed by atoms with Crippen LogP contribution in [-0.4, -0.2) is 31.2 Å². The number of fused-ring (bicyclic) bond motifs is 1. The summed E-state index contributed by atoms with van der Waals surface area (Å²) in [6.45, 7) is 5.57. The van der Waals surface area contributed by atoms with E-state index in [4.69, 9.17) is 4.98 Å². The second-order valence-electron chi connectivity index (χ2n) is 5.74. The first-order chi connectivity index (χ1) is 10.9. The highest BCUT2D eigenvalue weighted by Gasteiger charge is 2.26. The molecule has 0 radical (unpaired) electrons. The van der Waals surface area contributed by atoms with Gasteiger partial charge in [-0.2, -0.15) is 0 Å². The number of pyridine rings is 1. The predicted octanol–water partition coefficient (Wildman–Crippen LogP) is 1.02. The van der Waals surface area contributed by atoms with E-state index in [0.29, 0.717) is 0 Å². The molecule has 2 aromatic heterocycles. The van der Waals surface area contributed by atoms with E-state index in [2.05, 4.69) is 46.3 Å². The Morgan fingerprint density at radius 1 is 1.09 bits per heavy atom. The number of anilines is 1. The predicted molar refractivity (Wildman–Crippen MR) is 89.2 cm³/mol. The topological polar surface area (TPSA) is 34.7 Å². The fourth-order valence-electron chi connectivity index (χ4n) is 3.03. The smallest absolute Gasteiger partial charge is 0.274 e. The molecule has 0 saturated carbocycles. The van der Waals surface area contributed by atoms with Crippen LogP contribution in [0.2, 0.25) is 0 Å². The third-order valence-electron chi connectivity index (χ3n) is 4.24. The number of hydrogen-bond donors (Lipinski definition) is 1. The number of thiazole rings is 1. The number of aromatic amines is 1. The van der Waals surface area contributed by atoms with Crippen LogP contribution in [0.25, 0.3) is 10.2 Å². The molecule has 0 spiro atoms. The van der Waals surface area contributed by atoms with Crippen LogP contribution in [0.5, 0.6) is 0 Å². The number of para-hydroxylation sites is 1. The van der Waals surface area contributed by atoms with E-state index in [1.54, 1.807) is 4.90 Å². The molecule has 0 aliphatic carbocycles. The third-order valence-corrected chi connectivity index (χ3v) is 5.28. The molecule has 112 valence electrons. The van der Waals surface area contributed by atoms with Gasteiger partial charge in [-0.25, -0.2) is 9.97 Å².